The van der Waals surface area contributed by atoms with Gasteiger partial charge in [0.05, 0.1) is 18.3 Å². The second-order valence-corrected chi connectivity index (χ2v) is 4.46. The van der Waals surface area contributed by atoms with E-state index in [4.69, 9.17) is 10.5 Å². The van der Waals surface area contributed by atoms with Crippen LogP contribution in [0.4, 0.5) is 15.8 Å². The van der Waals surface area contributed by atoms with Crippen LogP contribution in [0.3, 0.4) is 0 Å². The molecule has 8 heteroatoms. The van der Waals surface area contributed by atoms with Gasteiger partial charge in [-0.15, -0.1) is 24.8 Å². The Morgan fingerprint density at radius 3 is 2.76 bits per heavy atom. The number of benzene rings is 1. The molecule has 1 unspecified atom stereocenters. The Morgan fingerprint density at radius 1 is 1.43 bits per heavy atom. The zero-order valence-corrected chi connectivity index (χ0v) is 13.1. The number of amides is 1. The number of hydrogen-bond acceptors (Lipinski definition) is 4. The standard InChI is InChI=1S/C13H18FN3O2.2ClH/c14-11-6-9(17-13(18)7-15)3-4-12(11)16-8-10-2-1-5-19-10;;/h3-4,6,10,16H,1-2,5,7-8,15H2,(H,17,18);2*1H. The maximum absolute atomic E-state index is 13.8. The van der Waals surface area contributed by atoms with Crippen LogP contribution in [-0.2, 0) is 9.53 Å². The van der Waals surface area contributed by atoms with Crippen LogP contribution in [0.1, 0.15) is 12.8 Å². The highest BCUT2D eigenvalue weighted by atomic mass is 35.5. The highest BCUT2D eigenvalue weighted by Crippen LogP contribution is 2.20. The molecule has 120 valence electrons. The van der Waals surface area contributed by atoms with Crippen LogP contribution in [0.15, 0.2) is 18.2 Å². The van der Waals surface area contributed by atoms with Crippen molar-refractivity contribution < 1.29 is 13.9 Å². The smallest absolute Gasteiger partial charge is 0.238 e. The number of carbonyl (C=O) groups excluding carboxylic acids is 1. The van der Waals surface area contributed by atoms with Crippen LogP contribution in [0.5, 0.6) is 0 Å². The first kappa shape index (κ1) is 19.9. The number of ether oxygens (including phenoxy) is 1. The Balaban J connectivity index is 0.00000200. The molecule has 0 spiro atoms. The summed E-state index contributed by atoms with van der Waals surface area (Å²) in [5, 5.41) is 5.51. The predicted molar refractivity (Wildman–Crippen MR) is 86.0 cm³/mol. The van der Waals surface area contributed by atoms with Gasteiger partial charge in [-0.25, -0.2) is 4.39 Å². The number of rotatable bonds is 5. The van der Waals surface area contributed by atoms with Gasteiger partial charge in [-0.1, -0.05) is 0 Å². The lowest BCUT2D eigenvalue weighted by Crippen LogP contribution is -2.22. The van der Waals surface area contributed by atoms with E-state index in [-0.39, 0.29) is 43.4 Å². The summed E-state index contributed by atoms with van der Waals surface area (Å²) in [5.74, 6) is -0.757. The van der Waals surface area contributed by atoms with Gasteiger partial charge in [0.1, 0.15) is 5.82 Å². The summed E-state index contributed by atoms with van der Waals surface area (Å²) < 4.78 is 19.2. The molecular weight excluding hydrogens is 320 g/mol. The number of nitrogens with two attached hydrogens (primary N) is 1. The third kappa shape index (κ3) is 6.05. The molecule has 1 saturated heterocycles. The number of hydrogen-bond donors (Lipinski definition) is 3. The fourth-order valence-electron chi connectivity index (χ4n) is 1.98. The van der Waals surface area contributed by atoms with Crippen LogP contribution >= 0.6 is 24.8 Å². The van der Waals surface area contributed by atoms with Gasteiger partial charge >= 0.3 is 0 Å². The molecule has 1 fully saturated rings. The fraction of sp³-hybridized carbons (Fsp3) is 0.462. The van der Waals surface area contributed by atoms with Crippen molar-refractivity contribution in [3.63, 3.8) is 0 Å². The van der Waals surface area contributed by atoms with E-state index < -0.39 is 5.82 Å². The monoisotopic (exact) mass is 339 g/mol. The van der Waals surface area contributed by atoms with Gasteiger partial charge in [0.15, 0.2) is 0 Å². The molecule has 1 heterocycles. The lowest BCUT2D eigenvalue weighted by molar-refractivity contribution is -0.114. The molecule has 1 aromatic rings. The third-order valence-electron chi connectivity index (χ3n) is 2.98. The van der Waals surface area contributed by atoms with Crippen molar-refractivity contribution in [3.8, 4) is 0 Å². The molecule has 0 aliphatic carbocycles. The quantitative estimate of drug-likeness (QED) is 0.768. The summed E-state index contributed by atoms with van der Waals surface area (Å²) in [6, 6.07) is 4.50. The van der Waals surface area contributed by atoms with E-state index in [1.54, 1.807) is 12.1 Å². The number of halogens is 3. The minimum Gasteiger partial charge on any atom is -0.380 e. The fourth-order valence-corrected chi connectivity index (χ4v) is 1.98. The maximum atomic E-state index is 13.8. The molecule has 5 nitrogen and oxygen atoms in total. The van der Waals surface area contributed by atoms with E-state index in [2.05, 4.69) is 10.6 Å². The molecule has 0 bridgehead atoms. The molecule has 1 aliphatic rings. The minimum atomic E-state index is -0.409. The maximum Gasteiger partial charge on any atom is 0.238 e. The average Bonchev–Trinajstić information content (AvgIpc) is 2.91. The van der Waals surface area contributed by atoms with Crippen LogP contribution < -0.4 is 16.4 Å². The number of carbonyl (C=O) groups is 1. The number of anilines is 2. The van der Waals surface area contributed by atoms with Crippen molar-refractivity contribution in [2.75, 3.05) is 30.3 Å². The molecule has 1 amide bonds. The van der Waals surface area contributed by atoms with E-state index in [1.165, 1.54) is 6.07 Å². The molecule has 21 heavy (non-hydrogen) atoms. The summed E-state index contributed by atoms with van der Waals surface area (Å²) >= 11 is 0. The Morgan fingerprint density at radius 2 is 2.19 bits per heavy atom. The molecule has 1 aliphatic heterocycles. The topological polar surface area (TPSA) is 76.4 Å². The first-order valence-corrected chi connectivity index (χ1v) is 6.34. The Hall–Kier alpha value is -1.08. The molecule has 0 aromatic heterocycles. The highest BCUT2D eigenvalue weighted by molar-refractivity contribution is 5.92. The van der Waals surface area contributed by atoms with E-state index in [0.29, 0.717) is 17.9 Å². The van der Waals surface area contributed by atoms with Crippen molar-refractivity contribution in [1.29, 1.82) is 0 Å². The first-order chi connectivity index (χ1) is 9.19. The summed E-state index contributed by atoms with van der Waals surface area (Å²) in [5.41, 5.74) is 5.98. The normalized spacial score (nSPS) is 16.6. The lowest BCUT2D eigenvalue weighted by atomic mass is 10.2. The van der Waals surface area contributed by atoms with Crippen LogP contribution in [-0.4, -0.2) is 31.7 Å². The molecule has 0 saturated carbocycles. The van der Waals surface area contributed by atoms with Crippen molar-refractivity contribution >= 4 is 42.1 Å². The van der Waals surface area contributed by atoms with Crippen LogP contribution in [0, 0.1) is 5.82 Å². The Bertz CT molecular complexity index is 457. The summed E-state index contributed by atoms with van der Waals surface area (Å²) in [6.07, 6.45) is 2.20. The SMILES string of the molecule is Cl.Cl.NCC(=O)Nc1ccc(NCC2CCCO2)c(F)c1. The van der Waals surface area contributed by atoms with Gasteiger partial charge in [-0.05, 0) is 31.0 Å². The van der Waals surface area contributed by atoms with E-state index in [1.807, 2.05) is 0 Å². The molecule has 2 rings (SSSR count). The second kappa shape index (κ2) is 9.78. The zero-order chi connectivity index (χ0) is 13.7. The Labute approximate surface area is 135 Å². The predicted octanol–water partition coefficient (Wildman–Crippen LogP) is 2.16. The van der Waals surface area contributed by atoms with Crippen molar-refractivity contribution in [1.82, 2.24) is 0 Å². The van der Waals surface area contributed by atoms with E-state index in [0.717, 1.165) is 19.4 Å². The lowest BCUT2D eigenvalue weighted by Gasteiger charge is -2.13. The van der Waals surface area contributed by atoms with Crippen molar-refractivity contribution in [2.24, 2.45) is 5.73 Å². The Kier molecular flexibility index (Phi) is 9.28. The second-order valence-electron chi connectivity index (χ2n) is 4.46. The van der Waals surface area contributed by atoms with Crippen LogP contribution in [0.25, 0.3) is 0 Å². The van der Waals surface area contributed by atoms with Gasteiger partial charge in [0.2, 0.25) is 5.91 Å². The molecule has 1 atom stereocenters. The summed E-state index contributed by atoms with van der Waals surface area (Å²) in [4.78, 5) is 11.1. The van der Waals surface area contributed by atoms with E-state index >= 15 is 0 Å². The van der Waals surface area contributed by atoms with Gasteiger partial charge in [0, 0.05) is 18.8 Å². The largest absolute Gasteiger partial charge is 0.380 e. The van der Waals surface area contributed by atoms with Crippen molar-refractivity contribution in [3.05, 3.63) is 24.0 Å². The van der Waals surface area contributed by atoms with Gasteiger partial charge < -0.3 is 21.1 Å². The molecule has 0 radical (unpaired) electrons. The van der Waals surface area contributed by atoms with Gasteiger partial charge in [-0.3, -0.25) is 4.79 Å². The molecular formula is C13H20Cl2FN3O2. The van der Waals surface area contributed by atoms with Gasteiger partial charge in [0.25, 0.3) is 0 Å². The molecule has 1 aromatic carbocycles. The van der Waals surface area contributed by atoms with Crippen LogP contribution in [0.2, 0.25) is 0 Å². The van der Waals surface area contributed by atoms with E-state index in [9.17, 15) is 9.18 Å². The summed E-state index contributed by atoms with van der Waals surface area (Å²) in [7, 11) is 0. The zero-order valence-electron chi connectivity index (χ0n) is 11.4. The van der Waals surface area contributed by atoms with Crippen molar-refractivity contribution in [2.45, 2.75) is 18.9 Å². The first-order valence-electron chi connectivity index (χ1n) is 6.34. The third-order valence-corrected chi connectivity index (χ3v) is 2.98. The van der Waals surface area contributed by atoms with Gasteiger partial charge in [-0.2, -0.15) is 0 Å². The summed E-state index contributed by atoms with van der Waals surface area (Å²) in [6.45, 7) is 1.24. The number of nitrogens with one attached hydrogen (secondary N) is 2. The highest BCUT2D eigenvalue weighted by Gasteiger charge is 2.15. The average molecular weight is 340 g/mol. The molecule has 4 N–H and O–H groups in total. The minimum absolute atomic E-state index is 0.